The van der Waals surface area contributed by atoms with Crippen LogP contribution >= 0.6 is 0 Å². The molecule has 0 heterocycles. The second kappa shape index (κ2) is 8.87. The molecule has 3 rings (SSSR count). The largest absolute Gasteiger partial charge is 1.00 e. The van der Waals surface area contributed by atoms with Crippen molar-refractivity contribution in [3.8, 4) is 6.07 Å². The van der Waals surface area contributed by atoms with Gasteiger partial charge in [-0.1, -0.05) is 41.4 Å². The number of nitrogens with zero attached hydrogens (tertiary/aromatic N) is 2. The van der Waals surface area contributed by atoms with Gasteiger partial charge in [0.1, 0.15) is 0 Å². The average molecular weight is 390 g/mol. The smallest absolute Gasteiger partial charge is 0.173 e. The summed E-state index contributed by atoms with van der Waals surface area (Å²) in [5.41, 5.74) is 2.62. The first-order valence-electron chi connectivity index (χ1n) is 7.04. The van der Waals surface area contributed by atoms with Crippen LogP contribution in [0.5, 0.6) is 0 Å². The van der Waals surface area contributed by atoms with Crippen molar-refractivity contribution in [2.24, 2.45) is 4.99 Å². The van der Waals surface area contributed by atoms with E-state index in [9.17, 15) is 0 Å². The van der Waals surface area contributed by atoms with Crippen LogP contribution in [0, 0.1) is 12.1 Å². The van der Waals surface area contributed by atoms with E-state index < -0.39 is 0 Å². The molecule has 0 radical (unpaired) electrons. The molecule has 0 atom stereocenters. The molecule has 3 aromatic rings. The molecule has 23 heavy (non-hydrogen) atoms. The number of hydrogen-bond donors (Lipinski definition) is 0. The average Bonchev–Trinajstić information content (AvgIpc) is 2.61. The van der Waals surface area contributed by atoms with E-state index in [2.05, 4.69) is 22.0 Å². The second-order valence-electron chi connectivity index (χ2n) is 4.64. The van der Waals surface area contributed by atoms with Gasteiger partial charge in [0.05, 0.1) is 16.8 Å². The maximum Gasteiger partial charge on any atom is 1.00 e. The van der Waals surface area contributed by atoms with Gasteiger partial charge in [0.15, 0.2) is 6.07 Å². The molecule has 0 aliphatic rings. The van der Waals surface area contributed by atoms with Gasteiger partial charge in [-0.25, -0.2) is 0 Å². The van der Waals surface area contributed by atoms with Crippen LogP contribution in [-0.4, -0.2) is 5.84 Å². The van der Waals surface area contributed by atoms with Crippen molar-refractivity contribution in [3.63, 3.8) is 0 Å². The van der Waals surface area contributed by atoms with Crippen LogP contribution < -0.4 is 0 Å². The van der Waals surface area contributed by atoms with Crippen molar-refractivity contribution in [1.82, 2.24) is 0 Å². The molecular formula is C20H14AgN2+. The molecule has 2 nitrogen and oxygen atoms in total. The van der Waals surface area contributed by atoms with Gasteiger partial charge in [-0.3, -0.25) is 0 Å². The summed E-state index contributed by atoms with van der Waals surface area (Å²) < 4.78 is 0. The van der Waals surface area contributed by atoms with E-state index in [1.54, 1.807) is 0 Å². The molecule has 0 spiro atoms. The summed E-state index contributed by atoms with van der Waals surface area (Å²) in [7, 11) is 0. The van der Waals surface area contributed by atoms with E-state index in [1.807, 2.05) is 84.9 Å². The van der Waals surface area contributed by atoms with Crippen LogP contribution in [0.4, 0.5) is 5.69 Å². The fraction of sp³-hybridized carbons (Fsp3) is 0. The second-order valence-corrected chi connectivity index (χ2v) is 4.64. The van der Waals surface area contributed by atoms with Crippen LogP contribution in [0.3, 0.4) is 0 Å². The van der Waals surface area contributed by atoms with Crippen LogP contribution in [0.2, 0.25) is 0 Å². The molecule has 3 aromatic carbocycles. The van der Waals surface area contributed by atoms with Crippen molar-refractivity contribution in [2.45, 2.75) is 0 Å². The van der Waals surface area contributed by atoms with Crippen molar-refractivity contribution < 1.29 is 22.4 Å². The first-order valence-corrected chi connectivity index (χ1v) is 7.04. The molecule has 0 N–H and O–H groups in total. The van der Waals surface area contributed by atoms with Gasteiger partial charge in [-0.05, 0) is 24.3 Å². The summed E-state index contributed by atoms with van der Waals surface area (Å²) in [6.45, 7) is 0. The summed E-state index contributed by atoms with van der Waals surface area (Å²) in [5.74, 6) is 0.618. The van der Waals surface area contributed by atoms with E-state index in [-0.39, 0.29) is 22.4 Å². The molecule has 0 aromatic heterocycles. The summed E-state index contributed by atoms with van der Waals surface area (Å²) in [5, 5.41) is 0. The van der Waals surface area contributed by atoms with Gasteiger partial charge >= 0.3 is 28.2 Å². The molecule has 0 fully saturated rings. The molecule has 0 saturated heterocycles. The third kappa shape index (κ3) is 5.05. The minimum absolute atomic E-state index is 0. The summed E-state index contributed by atoms with van der Waals surface area (Å²) in [6, 6.07) is 33.4. The number of benzene rings is 3. The zero-order valence-electron chi connectivity index (χ0n) is 12.3. The molecular weight excluding hydrogens is 376 g/mol. The van der Waals surface area contributed by atoms with Crippen LogP contribution in [0.15, 0.2) is 89.9 Å². The number of para-hydroxylation sites is 1. The van der Waals surface area contributed by atoms with E-state index in [1.165, 1.54) is 0 Å². The fourth-order valence-electron chi connectivity index (χ4n) is 1.94. The number of hydrogen-bond acceptors (Lipinski definition) is 1. The molecule has 0 aliphatic carbocycles. The van der Waals surface area contributed by atoms with Crippen molar-refractivity contribution in [3.05, 3.63) is 107 Å². The standard InChI is InChI=1S/C20H14N2.Ag/c1-4-10-17(11-5-1)16-21-20(18-12-6-2-7-13-18)22-19-14-8-3-9-15-19;/h1-14H;/q;+1. The van der Waals surface area contributed by atoms with Crippen molar-refractivity contribution in [1.29, 1.82) is 0 Å². The third-order valence-corrected chi connectivity index (χ3v) is 3.02. The van der Waals surface area contributed by atoms with Gasteiger partial charge in [-0.15, -0.1) is 17.0 Å². The van der Waals surface area contributed by atoms with Gasteiger partial charge < -0.3 is 0 Å². The SMILES string of the molecule is C(#[N+]C(=Nc1[c-]cccc1)c1ccccc1)c1ccccc1.[Ag+]. The summed E-state index contributed by atoms with van der Waals surface area (Å²) in [6.07, 6.45) is 0. The minimum atomic E-state index is 0. The van der Waals surface area contributed by atoms with Crippen LogP contribution in [0.1, 0.15) is 11.1 Å². The molecule has 0 unspecified atom stereocenters. The molecule has 114 valence electrons. The summed E-state index contributed by atoms with van der Waals surface area (Å²) in [4.78, 5) is 9.02. The Morgan fingerprint density at radius 1 is 0.826 bits per heavy atom. The quantitative estimate of drug-likeness (QED) is 0.255. The van der Waals surface area contributed by atoms with E-state index >= 15 is 0 Å². The zero-order valence-corrected chi connectivity index (χ0v) is 13.8. The zero-order chi connectivity index (χ0) is 15.0. The molecule has 0 bridgehead atoms. The Balaban J connectivity index is 0.00000192. The van der Waals surface area contributed by atoms with Crippen LogP contribution in [-0.2, 0) is 22.4 Å². The molecule has 0 aliphatic heterocycles. The first-order chi connectivity index (χ1) is 10.9. The Morgan fingerprint density at radius 3 is 2.13 bits per heavy atom. The Labute approximate surface area is 151 Å². The predicted octanol–water partition coefficient (Wildman–Crippen LogP) is 4.94. The monoisotopic (exact) mass is 389 g/mol. The Hall–Kier alpha value is -2.44. The number of rotatable bonds is 2. The number of aliphatic imine (C=N–C) groups is 1. The normalized spacial score (nSPS) is 10.2. The molecule has 0 amide bonds. The number of amidine groups is 1. The molecule has 3 heteroatoms. The Morgan fingerprint density at radius 2 is 1.48 bits per heavy atom. The van der Waals surface area contributed by atoms with Gasteiger partial charge in [0.2, 0.25) is 0 Å². The fourth-order valence-corrected chi connectivity index (χ4v) is 1.94. The Bertz CT molecular complexity index is 817. The van der Waals surface area contributed by atoms with E-state index in [0.29, 0.717) is 5.84 Å². The van der Waals surface area contributed by atoms with E-state index in [4.69, 9.17) is 0 Å². The minimum Gasteiger partial charge on any atom is -0.173 e. The van der Waals surface area contributed by atoms with Crippen molar-refractivity contribution in [2.75, 3.05) is 0 Å². The van der Waals surface area contributed by atoms with Crippen LogP contribution in [0.25, 0.3) is 4.85 Å². The third-order valence-electron chi connectivity index (χ3n) is 3.02. The summed E-state index contributed by atoms with van der Waals surface area (Å²) >= 11 is 0. The van der Waals surface area contributed by atoms with Gasteiger partial charge in [-0.2, -0.15) is 18.2 Å². The maximum atomic E-state index is 4.58. The first kappa shape index (κ1) is 16.9. The topological polar surface area (TPSA) is 16.7 Å². The predicted molar refractivity (Wildman–Crippen MR) is 90.7 cm³/mol. The Kier molecular flexibility index (Phi) is 6.53. The molecule has 0 saturated carbocycles. The van der Waals surface area contributed by atoms with Crippen molar-refractivity contribution >= 4 is 11.5 Å². The van der Waals surface area contributed by atoms with Gasteiger partial charge in [0.25, 0.3) is 0 Å². The van der Waals surface area contributed by atoms with Gasteiger partial charge in [0, 0.05) is 0 Å². The maximum absolute atomic E-state index is 4.58. The van der Waals surface area contributed by atoms with E-state index in [0.717, 1.165) is 16.8 Å².